The van der Waals surface area contributed by atoms with Crippen LogP contribution in [0.15, 0.2) is 30.3 Å². The normalized spacial score (nSPS) is 32.2. The van der Waals surface area contributed by atoms with Crippen molar-refractivity contribution in [2.45, 2.75) is 38.2 Å². The van der Waals surface area contributed by atoms with Gasteiger partial charge in [0.15, 0.2) is 0 Å². The summed E-state index contributed by atoms with van der Waals surface area (Å²) in [6.45, 7) is 4.31. The molecule has 1 aromatic rings. The highest BCUT2D eigenvalue weighted by Gasteiger charge is 2.58. The fourth-order valence-corrected chi connectivity index (χ4v) is 2.85. The monoisotopic (exact) mass is 277 g/mol. The van der Waals surface area contributed by atoms with Gasteiger partial charge in [-0.1, -0.05) is 30.3 Å². The molecule has 0 aliphatic carbocycles. The second kappa shape index (κ2) is 4.55. The Balaban J connectivity index is 1.78. The van der Waals surface area contributed by atoms with E-state index in [0.717, 1.165) is 5.56 Å². The van der Waals surface area contributed by atoms with Crippen LogP contribution in [0, 0.1) is 5.92 Å². The van der Waals surface area contributed by atoms with Crippen LogP contribution >= 0.6 is 0 Å². The maximum atomic E-state index is 12.5. The van der Waals surface area contributed by atoms with Crippen LogP contribution in [0.5, 0.6) is 0 Å². The van der Waals surface area contributed by atoms with Crippen LogP contribution in [0.1, 0.15) is 25.8 Å². The van der Waals surface area contributed by atoms with Crippen LogP contribution in [0.3, 0.4) is 0 Å². The zero-order chi connectivity index (χ0) is 14.4. The summed E-state index contributed by atoms with van der Waals surface area (Å²) < 4.78 is 0. The lowest BCUT2D eigenvalue weighted by atomic mass is 9.88. The molecule has 2 saturated heterocycles. The van der Waals surface area contributed by atoms with Gasteiger partial charge in [0, 0.05) is 6.54 Å². The maximum Gasteiger partial charge on any atom is 0.231 e. The van der Waals surface area contributed by atoms with Crippen molar-refractivity contribution in [3.8, 4) is 0 Å². The molecule has 0 bridgehead atoms. The van der Waals surface area contributed by atoms with E-state index in [1.807, 2.05) is 44.2 Å². The molecule has 0 radical (unpaired) electrons. The topological polar surface area (TPSA) is 59.0 Å². The Morgan fingerprint density at radius 2 is 2.00 bits per heavy atom. The molecule has 1 aromatic carbocycles. The molecular formula is C15H19NO4. The lowest BCUT2D eigenvalue weighted by Gasteiger charge is -2.39. The zero-order valence-corrected chi connectivity index (χ0v) is 11.7. The highest BCUT2D eigenvalue weighted by atomic mass is 17.2. The summed E-state index contributed by atoms with van der Waals surface area (Å²) in [6, 6.07) is 9.71. The molecule has 0 aromatic heterocycles. The molecule has 1 N–H and O–H groups in total. The van der Waals surface area contributed by atoms with E-state index < -0.39 is 17.3 Å². The van der Waals surface area contributed by atoms with Gasteiger partial charge in [0.25, 0.3) is 0 Å². The third-order valence-electron chi connectivity index (χ3n) is 3.90. The molecule has 2 aliphatic rings. The van der Waals surface area contributed by atoms with E-state index in [1.54, 1.807) is 4.90 Å². The van der Waals surface area contributed by atoms with Crippen molar-refractivity contribution < 1.29 is 19.7 Å². The van der Waals surface area contributed by atoms with Crippen LogP contribution < -0.4 is 0 Å². The Morgan fingerprint density at radius 1 is 1.30 bits per heavy atom. The number of carbonyl (C=O) groups excluding carboxylic acids is 1. The lowest BCUT2D eigenvalue weighted by Crippen LogP contribution is -2.51. The fourth-order valence-electron chi connectivity index (χ4n) is 2.85. The quantitative estimate of drug-likeness (QED) is 0.832. The minimum atomic E-state index is -1.53. The average Bonchev–Trinajstić information content (AvgIpc) is 2.64. The molecule has 0 spiro atoms. The molecular weight excluding hydrogens is 258 g/mol. The molecule has 2 aliphatic heterocycles. The zero-order valence-electron chi connectivity index (χ0n) is 11.7. The molecule has 2 fully saturated rings. The molecule has 20 heavy (non-hydrogen) atoms. The van der Waals surface area contributed by atoms with Crippen LogP contribution in [0.4, 0.5) is 0 Å². The molecule has 5 heteroatoms. The van der Waals surface area contributed by atoms with Crippen molar-refractivity contribution in [1.82, 2.24) is 4.90 Å². The first-order chi connectivity index (χ1) is 9.40. The lowest BCUT2D eigenvalue weighted by molar-refractivity contribution is -0.484. The van der Waals surface area contributed by atoms with Crippen LogP contribution in [0.25, 0.3) is 0 Å². The van der Waals surface area contributed by atoms with Crippen LogP contribution in [-0.2, 0) is 21.1 Å². The minimum Gasteiger partial charge on any atom is -0.361 e. The van der Waals surface area contributed by atoms with Crippen molar-refractivity contribution in [1.29, 1.82) is 0 Å². The van der Waals surface area contributed by atoms with Gasteiger partial charge in [-0.3, -0.25) is 4.79 Å². The number of benzene rings is 1. The van der Waals surface area contributed by atoms with E-state index in [9.17, 15) is 9.90 Å². The van der Waals surface area contributed by atoms with Gasteiger partial charge in [0.2, 0.25) is 11.7 Å². The summed E-state index contributed by atoms with van der Waals surface area (Å²) in [5.74, 6) is -2.16. The Labute approximate surface area is 118 Å². The van der Waals surface area contributed by atoms with E-state index in [0.29, 0.717) is 13.0 Å². The Morgan fingerprint density at radius 3 is 2.70 bits per heavy atom. The van der Waals surface area contributed by atoms with E-state index in [4.69, 9.17) is 9.78 Å². The van der Waals surface area contributed by atoms with Crippen molar-refractivity contribution in [3.63, 3.8) is 0 Å². The molecule has 2 heterocycles. The second-order valence-electron chi connectivity index (χ2n) is 6.21. The SMILES string of the molecule is CC1(C)CC2C(=O)N(Cc3ccccc3)C[C@]2(O)OO1. The van der Waals surface area contributed by atoms with Crippen LogP contribution in [-0.4, -0.2) is 33.8 Å². The largest absolute Gasteiger partial charge is 0.361 e. The van der Waals surface area contributed by atoms with Crippen molar-refractivity contribution in [2.75, 3.05) is 6.54 Å². The summed E-state index contributed by atoms with van der Waals surface area (Å²) in [4.78, 5) is 24.4. The van der Waals surface area contributed by atoms with Gasteiger partial charge in [0.05, 0.1) is 18.1 Å². The van der Waals surface area contributed by atoms with Crippen molar-refractivity contribution in [3.05, 3.63) is 35.9 Å². The summed E-state index contributed by atoms with van der Waals surface area (Å²) in [5, 5.41) is 10.5. The van der Waals surface area contributed by atoms with Crippen molar-refractivity contribution >= 4 is 5.91 Å². The van der Waals surface area contributed by atoms with Crippen LogP contribution in [0.2, 0.25) is 0 Å². The summed E-state index contributed by atoms with van der Waals surface area (Å²) >= 11 is 0. The number of nitrogens with zero attached hydrogens (tertiary/aromatic N) is 1. The Bertz CT molecular complexity index is 516. The highest BCUT2D eigenvalue weighted by Crippen LogP contribution is 2.42. The van der Waals surface area contributed by atoms with Gasteiger partial charge in [-0.25, -0.2) is 4.89 Å². The number of aliphatic hydroxyl groups is 1. The van der Waals surface area contributed by atoms with E-state index in [1.165, 1.54) is 0 Å². The van der Waals surface area contributed by atoms with Gasteiger partial charge < -0.3 is 10.0 Å². The predicted molar refractivity (Wildman–Crippen MR) is 71.2 cm³/mol. The first-order valence-corrected chi connectivity index (χ1v) is 6.82. The molecule has 3 rings (SSSR count). The molecule has 1 unspecified atom stereocenters. The number of fused-ring (bicyclic) bond motifs is 1. The molecule has 0 saturated carbocycles. The number of β-amino-alcohol motifs (C(OH)–C–C–N with tert-alkyl or cyclic N) is 1. The second-order valence-corrected chi connectivity index (χ2v) is 6.21. The molecule has 108 valence electrons. The standard InChI is InChI=1S/C15H19NO4/c1-14(2)8-12-13(17)16(10-15(12,18)20-19-14)9-11-6-4-3-5-7-11/h3-7,12,18H,8-10H2,1-2H3/t12?,15-/m0/s1. The first kappa shape index (κ1) is 13.5. The fraction of sp³-hybridized carbons (Fsp3) is 0.533. The summed E-state index contributed by atoms with van der Waals surface area (Å²) in [5.41, 5.74) is 0.471. The number of carbonyl (C=O) groups is 1. The molecule has 5 nitrogen and oxygen atoms in total. The van der Waals surface area contributed by atoms with Gasteiger partial charge in [-0.05, 0) is 25.8 Å². The van der Waals surface area contributed by atoms with Crippen molar-refractivity contribution in [2.24, 2.45) is 5.92 Å². The summed E-state index contributed by atoms with van der Waals surface area (Å²) in [7, 11) is 0. The Kier molecular flexibility index (Phi) is 3.08. The predicted octanol–water partition coefficient (Wildman–Crippen LogP) is 1.46. The average molecular weight is 277 g/mol. The van der Waals surface area contributed by atoms with Gasteiger partial charge in [-0.2, -0.15) is 4.89 Å². The number of likely N-dealkylation sites (tertiary alicyclic amines) is 1. The van der Waals surface area contributed by atoms with Gasteiger partial charge in [-0.15, -0.1) is 0 Å². The third kappa shape index (κ3) is 2.32. The highest BCUT2D eigenvalue weighted by molar-refractivity contribution is 5.82. The Hall–Kier alpha value is -1.43. The number of hydrogen-bond acceptors (Lipinski definition) is 4. The van der Waals surface area contributed by atoms with E-state index in [2.05, 4.69) is 0 Å². The number of hydrogen-bond donors (Lipinski definition) is 1. The first-order valence-electron chi connectivity index (χ1n) is 6.82. The van der Waals surface area contributed by atoms with E-state index in [-0.39, 0.29) is 12.5 Å². The minimum absolute atomic E-state index is 0.0762. The smallest absolute Gasteiger partial charge is 0.231 e. The molecule has 1 amide bonds. The molecule has 2 atom stereocenters. The van der Waals surface area contributed by atoms with Gasteiger partial charge >= 0.3 is 0 Å². The third-order valence-corrected chi connectivity index (χ3v) is 3.90. The van der Waals surface area contributed by atoms with E-state index >= 15 is 0 Å². The maximum absolute atomic E-state index is 12.5. The number of rotatable bonds is 2. The summed E-state index contributed by atoms with van der Waals surface area (Å²) in [6.07, 6.45) is 0.452. The number of amides is 1. The van der Waals surface area contributed by atoms with Gasteiger partial charge in [0.1, 0.15) is 0 Å².